The van der Waals surface area contributed by atoms with E-state index >= 15 is 0 Å². The normalized spacial score (nSPS) is 10.5. The highest BCUT2D eigenvalue weighted by Crippen LogP contribution is 2.23. The van der Waals surface area contributed by atoms with Crippen LogP contribution in [0, 0.1) is 0 Å². The van der Waals surface area contributed by atoms with Crippen molar-refractivity contribution in [2.45, 2.75) is 13.1 Å². The van der Waals surface area contributed by atoms with E-state index in [1.54, 1.807) is 53.8 Å². The first-order valence-corrected chi connectivity index (χ1v) is 7.80. The van der Waals surface area contributed by atoms with E-state index in [0.29, 0.717) is 35.4 Å². The fourth-order valence-electron chi connectivity index (χ4n) is 2.21. The van der Waals surface area contributed by atoms with Gasteiger partial charge >= 0.3 is 0 Å². The van der Waals surface area contributed by atoms with Crippen LogP contribution in [-0.4, -0.2) is 17.4 Å². The number of hydrogen-bond donors (Lipinski definition) is 0. The van der Waals surface area contributed by atoms with Crippen molar-refractivity contribution in [3.63, 3.8) is 0 Å². The number of nitrogens with zero attached hydrogens (tertiary/aromatic N) is 1. The van der Waals surface area contributed by atoms with Crippen LogP contribution in [0.25, 0.3) is 0 Å². The minimum absolute atomic E-state index is 0.120. The lowest BCUT2D eigenvalue weighted by Crippen LogP contribution is -2.33. The Bertz CT molecular complexity index is 732. The van der Waals surface area contributed by atoms with Crippen LogP contribution in [-0.2, 0) is 17.9 Å². The maximum Gasteiger partial charge on any atom is 0.261 e. The first-order chi connectivity index (χ1) is 11.7. The molecule has 2 aromatic heterocycles. The lowest BCUT2D eigenvalue weighted by molar-refractivity contribution is -0.135. The molecule has 1 aromatic carbocycles. The molecular weight excluding hydrogens is 330 g/mol. The smallest absolute Gasteiger partial charge is 0.261 e. The van der Waals surface area contributed by atoms with Gasteiger partial charge in [0, 0.05) is 0 Å². The Kier molecular flexibility index (Phi) is 5.23. The summed E-state index contributed by atoms with van der Waals surface area (Å²) in [6.45, 7) is 0.544. The number of para-hydroxylation sites is 1. The van der Waals surface area contributed by atoms with E-state index in [1.165, 1.54) is 0 Å². The van der Waals surface area contributed by atoms with E-state index in [4.69, 9.17) is 25.2 Å². The summed E-state index contributed by atoms with van der Waals surface area (Å²) in [6.07, 6.45) is 3.15. The van der Waals surface area contributed by atoms with E-state index in [2.05, 4.69) is 0 Å². The first kappa shape index (κ1) is 16.2. The van der Waals surface area contributed by atoms with Gasteiger partial charge in [-0.15, -0.1) is 0 Å². The second kappa shape index (κ2) is 7.75. The molecule has 0 atom stereocenters. The molecular formula is C18H16ClNO4. The number of benzene rings is 1. The van der Waals surface area contributed by atoms with Crippen LogP contribution in [0.2, 0.25) is 5.02 Å². The molecule has 24 heavy (non-hydrogen) atoms. The van der Waals surface area contributed by atoms with Crippen LogP contribution in [0.1, 0.15) is 11.5 Å². The predicted octanol–water partition coefficient (Wildman–Crippen LogP) is 4.13. The second-order valence-corrected chi connectivity index (χ2v) is 5.53. The Morgan fingerprint density at radius 1 is 0.958 bits per heavy atom. The highest BCUT2D eigenvalue weighted by Gasteiger charge is 2.18. The zero-order chi connectivity index (χ0) is 16.8. The zero-order valence-corrected chi connectivity index (χ0v) is 13.6. The van der Waals surface area contributed by atoms with Crippen LogP contribution in [0.3, 0.4) is 0 Å². The van der Waals surface area contributed by atoms with Gasteiger partial charge in [-0.2, -0.15) is 0 Å². The molecule has 124 valence electrons. The molecule has 5 nitrogen and oxygen atoms in total. The van der Waals surface area contributed by atoms with Crippen LogP contribution < -0.4 is 4.74 Å². The van der Waals surface area contributed by atoms with Gasteiger partial charge in [0.15, 0.2) is 6.61 Å². The van der Waals surface area contributed by atoms with E-state index in [0.717, 1.165) is 0 Å². The van der Waals surface area contributed by atoms with Crippen molar-refractivity contribution in [2.75, 3.05) is 6.61 Å². The first-order valence-electron chi connectivity index (χ1n) is 7.42. The molecule has 0 unspecified atom stereocenters. The van der Waals surface area contributed by atoms with E-state index in [9.17, 15) is 4.79 Å². The van der Waals surface area contributed by atoms with Crippen molar-refractivity contribution in [3.8, 4) is 5.75 Å². The van der Waals surface area contributed by atoms with Gasteiger partial charge < -0.3 is 18.5 Å². The van der Waals surface area contributed by atoms with Gasteiger partial charge in [0.2, 0.25) is 0 Å². The highest BCUT2D eigenvalue weighted by atomic mass is 35.5. The topological polar surface area (TPSA) is 55.8 Å². The summed E-state index contributed by atoms with van der Waals surface area (Å²) in [5.41, 5.74) is 0. The molecule has 1 amide bonds. The summed E-state index contributed by atoms with van der Waals surface area (Å²) in [5.74, 6) is 1.66. The number of furan rings is 2. The van der Waals surface area contributed by atoms with Crippen molar-refractivity contribution in [1.29, 1.82) is 0 Å². The molecule has 0 N–H and O–H groups in total. The third-order valence-electron chi connectivity index (χ3n) is 3.39. The molecule has 0 aliphatic carbocycles. The Morgan fingerprint density at radius 3 is 2.12 bits per heavy atom. The average molecular weight is 346 g/mol. The van der Waals surface area contributed by atoms with Crippen molar-refractivity contribution in [2.24, 2.45) is 0 Å². The molecule has 0 fully saturated rings. The van der Waals surface area contributed by atoms with Gasteiger partial charge in [-0.25, -0.2) is 0 Å². The number of rotatable bonds is 7. The third-order valence-corrected chi connectivity index (χ3v) is 3.71. The molecule has 0 saturated heterocycles. The van der Waals surface area contributed by atoms with Gasteiger partial charge in [-0.1, -0.05) is 23.7 Å². The van der Waals surface area contributed by atoms with E-state index in [1.807, 2.05) is 12.1 Å². The Hall–Kier alpha value is -2.66. The fraction of sp³-hybridized carbons (Fsp3) is 0.167. The molecule has 0 bridgehead atoms. The van der Waals surface area contributed by atoms with E-state index < -0.39 is 0 Å². The van der Waals surface area contributed by atoms with E-state index in [-0.39, 0.29) is 12.5 Å². The van der Waals surface area contributed by atoms with Gasteiger partial charge in [0.05, 0.1) is 30.6 Å². The van der Waals surface area contributed by atoms with Crippen molar-refractivity contribution in [3.05, 3.63) is 77.6 Å². The van der Waals surface area contributed by atoms with Gasteiger partial charge in [-0.05, 0) is 36.4 Å². The molecule has 3 rings (SSSR count). The predicted molar refractivity (Wildman–Crippen MR) is 88.6 cm³/mol. The highest BCUT2D eigenvalue weighted by molar-refractivity contribution is 6.32. The van der Waals surface area contributed by atoms with Crippen LogP contribution in [0.15, 0.2) is 69.9 Å². The van der Waals surface area contributed by atoms with Crippen LogP contribution in [0.4, 0.5) is 0 Å². The summed E-state index contributed by atoms with van der Waals surface area (Å²) in [7, 11) is 0. The van der Waals surface area contributed by atoms with Gasteiger partial charge in [0.25, 0.3) is 5.91 Å². The standard InChI is InChI=1S/C18H16ClNO4/c19-16-7-1-2-8-17(16)24-13-18(21)20(11-14-5-3-9-22-14)12-15-6-4-10-23-15/h1-10H,11-13H2. The SMILES string of the molecule is O=C(COc1ccccc1Cl)N(Cc1ccco1)Cc1ccco1. The maximum atomic E-state index is 12.6. The monoisotopic (exact) mass is 345 g/mol. The average Bonchev–Trinajstić information content (AvgIpc) is 3.27. The summed E-state index contributed by atoms with van der Waals surface area (Å²) in [6, 6.07) is 14.2. The molecule has 0 radical (unpaired) electrons. The maximum absolute atomic E-state index is 12.6. The van der Waals surface area contributed by atoms with Gasteiger partial charge in [0.1, 0.15) is 17.3 Å². The minimum atomic E-state index is -0.192. The molecule has 2 heterocycles. The van der Waals surface area contributed by atoms with Crippen molar-refractivity contribution < 1.29 is 18.4 Å². The van der Waals surface area contributed by atoms with Crippen molar-refractivity contribution >= 4 is 17.5 Å². The lowest BCUT2D eigenvalue weighted by atomic mass is 10.3. The molecule has 6 heteroatoms. The summed E-state index contributed by atoms with van der Waals surface area (Å²) in [4.78, 5) is 14.2. The number of amides is 1. The van der Waals surface area contributed by atoms with Crippen LogP contribution >= 0.6 is 11.6 Å². The third kappa shape index (κ3) is 4.20. The number of carbonyl (C=O) groups excluding carboxylic acids is 1. The van der Waals surface area contributed by atoms with Crippen LogP contribution in [0.5, 0.6) is 5.75 Å². The molecule has 0 aliphatic rings. The zero-order valence-electron chi connectivity index (χ0n) is 12.9. The second-order valence-electron chi connectivity index (χ2n) is 5.13. The fourth-order valence-corrected chi connectivity index (χ4v) is 2.40. The number of carbonyl (C=O) groups is 1. The Morgan fingerprint density at radius 2 is 1.58 bits per heavy atom. The number of halogens is 1. The molecule has 0 spiro atoms. The summed E-state index contributed by atoms with van der Waals surface area (Å²) < 4.78 is 16.2. The molecule has 3 aromatic rings. The molecule has 0 aliphatic heterocycles. The largest absolute Gasteiger partial charge is 0.482 e. The minimum Gasteiger partial charge on any atom is -0.482 e. The molecule has 0 saturated carbocycles. The Labute approximate surface area is 144 Å². The summed E-state index contributed by atoms with van der Waals surface area (Å²) in [5, 5.41) is 0.467. The lowest BCUT2D eigenvalue weighted by Gasteiger charge is -2.21. The number of hydrogen-bond acceptors (Lipinski definition) is 4. The van der Waals surface area contributed by atoms with Gasteiger partial charge in [-0.3, -0.25) is 4.79 Å². The quantitative estimate of drug-likeness (QED) is 0.646. The summed E-state index contributed by atoms with van der Waals surface area (Å²) >= 11 is 6.04. The number of ether oxygens (including phenoxy) is 1. The Balaban J connectivity index is 1.67. The van der Waals surface area contributed by atoms with Crippen molar-refractivity contribution in [1.82, 2.24) is 4.90 Å².